The molecule has 1 atom stereocenters. The summed E-state index contributed by atoms with van der Waals surface area (Å²) in [7, 11) is 0. The lowest BCUT2D eigenvalue weighted by atomic mass is 9.92. The van der Waals surface area contributed by atoms with Crippen LogP contribution in [0.1, 0.15) is 30.7 Å². The van der Waals surface area contributed by atoms with E-state index in [1.165, 1.54) is 12.1 Å². The molecule has 1 aromatic carbocycles. The van der Waals surface area contributed by atoms with Gasteiger partial charge >= 0.3 is 0 Å². The number of hydrogen-bond acceptors (Lipinski definition) is 2. The highest BCUT2D eigenvalue weighted by molar-refractivity contribution is 5.38. The molecule has 1 aliphatic heterocycles. The zero-order valence-corrected chi connectivity index (χ0v) is 8.37. The van der Waals surface area contributed by atoms with Gasteiger partial charge in [-0.05, 0) is 24.5 Å². The standard InChI is InChI=1S/C12H12FNO/c13-10-3-4-11-9(5-6-14)2-1-7-15-12(11)8-10/h3-4,8-9H,1-2,5,7H2. The van der Waals surface area contributed by atoms with E-state index >= 15 is 0 Å². The van der Waals surface area contributed by atoms with Crippen molar-refractivity contribution in [2.45, 2.75) is 25.2 Å². The fraction of sp³-hybridized carbons (Fsp3) is 0.417. The van der Waals surface area contributed by atoms with Crippen LogP contribution in [0.5, 0.6) is 5.75 Å². The number of nitriles is 1. The second-order valence-electron chi connectivity index (χ2n) is 3.73. The molecule has 0 aromatic heterocycles. The van der Waals surface area contributed by atoms with Crippen LogP contribution < -0.4 is 4.74 Å². The molecule has 0 bridgehead atoms. The molecule has 15 heavy (non-hydrogen) atoms. The lowest BCUT2D eigenvalue weighted by Crippen LogP contribution is -1.97. The number of ether oxygens (including phenoxy) is 1. The van der Waals surface area contributed by atoms with Crippen molar-refractivity contribution >= 4 is 0 Å². The lowest BCUT2D eigenvalue weighted by Gasteiger charge is -2.12. The summed E-state index contributed by atoms with van der Waals surface area (Å²) in [5, 5.41) is 8.73. The molecule has 1 aromatic rings. The summed E-state index contributed by atoms with van der Waals surface area (Å²) in [5.74, 6) is 0.507. The van der Waals surface area contributed by atoms with E-state index in [2.05, 4.69) is 6.07 Å². The molecule has 0 aliphatic carbocycles. The minimum absolute atomic E-state index is 0.188. The van der Waals surface area contributed by atoms with E-state index in [0.717, 1.165) is 18.4 Å². The molecule has 1 heterocycles. The maximum Gasteiger partial charge on any atom is 0.126 e. The smallest absolute Gasteiger partial charge is 0.126 e. The van der Waals surface area contributed by atoms with E-state index in [1.54, 1.807) is 6.07 Å². The summed E-state index contributed by atoms with van der Waals surface area (Å²) < 4.78 is 18.5. The molecule has 1 unspecified atom stereocenters. The average Bonchev–Trinajstić information content (AvgIpc) is 2.41. The zero-order valence-electron chi connectivity index (χ0n) is 8.37. The summed E-state index contributed by atoms with van der Waals surface area (Å²) >= 11 is 0. The first kappa shape index (κ1) is 9.97. The lowest BCUT2D eigenvalue weighted by molar-refractivity contribution is 0.314. The second-order valence-corrected chi connectivity index (χ2v) is 3.73. The quantitative estimate of drug-likeness (QED) is 0.706. The largest absolute Gasteiger partial charge is 0.493 e. The summed E-state index contributed by atoms with van der Waals surface area (Å²) in [4.78, 5) is 0. The van der Waals surface area contributed by atoms with Crippen LogP contribution in [-0.4, -0.2) is 6.61 Å². The molecule has 2 nitrogen and oxygen atoms in total. The minimum Gasteiger partial charge on any atom is -0.493 e. The monoisotopic (exact) mass is 205 g/mol. The Hall–Kier alpha value is -1.56. The van der Waals surface area contributed by atoms with E-state index < -0.39 is 0 Å². The van der Waals surface area contributed by atoms with Crippen molar-refractivity contribution in [3.63, 3.8) is 0 Å². The third-order valence-corrected chi connectivity index (χ3v) is 2.71. The van der Waals surface area contributed by atoms with Crippen molar-refractivity contribution in [1.82, 2.24) is 0 Å². The Morgan fingerprint density at radius 2 is 2.40 bits per heavy atom. The molecule has 0 radical (unpaired) electrons. The average molecular weight is 205 g/mol. The van der Waals surface area contributed by atoms with Gasteiger partial charge in [0.05, 0.1) is 12.7 Å². The fourth-order valence-electron chi connectivity index (χ4n) is 1.96. The van der Waals surface area contributed by atoms with Crippen LogP contribution >= 0.6 is 0 Å². The highest BCUT2D eigenvalue weighted by Gasteiger charge is 2.19. The minimum atomic E-state index is -0.286. The van der Waals surface area contributed by atoms with Crippen LogP contribution in [0.25, 0.3) is 0 Å². The Labute approximate surface area is 88.3 Å². The van der Waals surface area contributed by atoms with Gasteiger partial charge < -0.3 is 4.74 Å². The summed E-state index contributed by atoms with van der Waals surface area (Å²) in [6.07, 6.45) is 2.33. The number of hydrogen-bond donors (Lipinski definition) is 0. The van der Waals surface area contributed by atoms with Gasteiger partial charge in [-0.2, -0.15) is 5.26 Å². The van der Waals surface area contributed by atoms with Gasteiger partial charge in [-0.25, -0.2) is 4.39 Å². The van der Waals surface area contributed by atoms with Crippen LogP contribution in [0.15, 0.2) is 18.2 Å². The molecule has 78 valence electrons. The van der Waals surface area contributed by atoms with Crippen molar-refractivity contribution in [3.05, 3.63) is 29.6 Å². The number of halogens is 1. The van der Waals surface area contributed by atoms with Crippen molar-refractivity contribution in [1.29, 1.82) is 5.26 Å². The maximum absolute atomic E-state index is 13.0. The van der Waals surface area contributed by atoms with E-state index in [1.807, 2.05) is 0 Å². The molecule has 0 saturated heterocycles. The van der Waals surface area contributed by atoms with Crippen molar-refractivity contribution in [2.75, 3.05) is 6.61 Å². The molecular formula is C12H12FNO. The zero-order chi connectivity index (χ0) is 10.7. The summed E-state index contributed by atoms with van der Waals surface area (Å²) in [6.45, 7) is 0.610. The first-order valence-corrected chi connectivity index (χ1v) is 5.10. The van der Waals surface area contributed by atoms with Gasteiger partial charge in [0.15, 0.2) is 0 Å². The van der Waals surface area contributed by atoms with Gasteiger partial charge in [0.2, 0.25) is 0 Å². The van der Waals surface area contributed by atoms with Crippen LogP contribution in [0.4, 0.5) is 4.39 Å². The van der Waals surface area contributed by atoms with Crippen molar-refractivity contribution in [2.24, 2.45) is 0 Å². The predicted molar refractivity (Wildman–Crippen MR) is 54.1 cm³/mol. The summed E-state index contributed by atoms with van der Waals surface area (Å²) in [5.41, 5.74) is 0.968. The third kappa shape index (κ3) is 2.10. The number of benzene rings is 1. The Kier molecular flexibility index (Phi) is 2.86. The number of fused-ring (bicyclic) bond motifs is 1. The Morgan fingerprint density at radius 3 is 3.20 bits per heavy atom. The predicted octanol–water partition coefficient (Wildman–Crippen LogP) is 3.00. The van der Waals surface area contributed by atoms with Crippen LogP contribution in [-0.2, 0) is 0 Å². The normalized spacial score (nSPS) is 19.6. The van der Waals surface area contributed by atoms with Crippen molar-refractivity contribution in [3.8, 4) is 11.8 Å². The Morgan fingerprint density at radius 1 is 1.53 bits per heavy atom. The molecule has 0 spiro atoms. The van der Waals surface area contributed by atoms with Gasteiger partial charge in [-0.1, -0.05) is 6.07 Å². The Balaban J connectivity index is 2.37. The first-order valence-electron chi connectivity index (χ1n) is 5.10. The topological polar surface area (TPSA) is 33.0 Å². The SMILES string of the molecule is N#CCC1CCCOc2cc(F)ccc21. The number of rotatable bonds is 1. The van der Waals surface area contributed by atoms with Crippen LogP contribution in [0.2, 0.25) is 0 Å². The maximum atomic E-state index is 13.0. The first-order chi connectivity index (χ1) is 7.31. The molecule has 2 rings (SSSR count). The fourth-order valence-corrected chi connectivity index (χ4v) is 1.96. The number of nitrogens with zero attached hydrogens (tertiary/aromatic N) is 1. The van der Waals surface area contributed by atoms with Crippen molar-refractivity contribution < 1.29 is 9.13 Å². The van der Waals surface area contributed by atoms with E-state index in [4.69, 9.17) is 10.00 Å². The van der Waals surface area contributed by atoms with Crippen LogP contribution in [0.3, 0.4) is 0 Å². The third-order valence-electron chi connectivity index (χ3n) is 2.71. The molecule has 3 heteroatoms. The molecular weight excluding hydrogens is 193 g/mol. The second kappa shape index (κ2) is 4.31. The molecule has 0 saturated carbocycles. The molecule has 0 fully saturated rings. The van der Waals surface area contributed by atoms with Crippen LogP contribution in [0, 0.1) is 17.1 Å². The van der Waals surface area contributed by atoms with Gasteiger partial charge in [-0.15, -0.1) is 0 Å². The van der Waals surface area contributed by atoms with Gasteiger partial charge in [0, 0.05) is 18.4 Å². The Bertz CT molecular complexity index is 397. The van der Waals surface area contributed by atoms with E-state index in [9.17, 15) is 4.39 Å². The highest BCUT2D eigenvalue weighted by atomic mass is 19.1. The van der Waals surface area contributed by atoms with E-state index in [0.29, 0.717) is 18.8 Å². The van der Waals surface area contributed by atoms with E-state index in [-0.39, 0.29) is 11.7 Å². The van der Waals surface area contributed by atoms with Gasteiger partial charge in [0.25, 0.3) is 0 Å². The highest BCUT2D eigenvalue weighted by Crippen LogP contribution is 2.35. The summed E-state index contributed by atoms with van der Waals surface area (Å²) in [6, 6.07) is 6.74. The molecule has 0 N–H and O–H groups in total. The van der Waals surface area contributed by atoms with Gasteiger partial charge in [-0.3, -0.25) is 0 Å². The molecule has 0 amide bonds. The van der Waals surface area contributed by atoms with Gasteiger partial charge in [0.1, 0.15) is 11.6 Å². The molecule has 1 aliphatic rings.